The van der Waals surface area contributed by atoms with Gasteiger partial charge in [0.15, 0.2) is 5.65 Å². The number of anilines is 1. The zero-order chi connectivity index (χ0) is 13.2. The van der Waals surface area contributed by atoms with Crippen LogP contribution in [0, 0.1) is 5.92 Å². The molecule has 5 heteroatoms. The predicted octanol–water partition coefficient (Wildman–Crippen LogP) is 1.83. The van der Waals surface area contributed by atoms with Gasteiger partial charge in [-0.15, -0.1) is 0 Å². The van der Waals surface area contributed by atoms with E-state index >= 15 is 0 Å². The summed E-state index contributed by atoms with van der Waals surface area (Å²) in [7, 11) is 0. The van der Waals surface area contributed by atoms with E-state index in [2.05, 4.69) is 19.9 Å². The Morgan fingerprint density at radius 2 is 1.95 bits per heavy atom. The van der Waals surface area contributed by atoms with Gasteiger partial charge < -0.3 is 4.90 Å². The molecule has 0 aromatic carbocycles. The molecule has 0 aliphatic carbocycles. The highest BCUT2D eigenvalue weighted by Crippen LogP contribution is 2.23. The first-order valence-corrected chi connectivity index (χ1v) is 6.57. The number of rotatable bonds is 2. The molecule has 0 unspecified atom stereocenters. The Hall–Kier alpha value is -2.04. The number of hydrogen-bond donors (Lipinski definition) is 0. The first-order valence-electron chi connectivity index (χ1n) is 6.57. The van der Waals surface area contributed by atoms with Gasteiger partial charge in [0.1, 0.15) is 17.1 Å². The first-order chi connectivity index (χ1) is 9.24. The summed E-state index contributed by atoms with van der Waals surface area (Å²) in [4.78, 5) is 26.6. The van der Waals surface area contributed by atoms with E-state index in [0.717, 1.165) is 37.3 Å². The minimum atomic E-state index is 0.219. The van der Waals surface area contributed by atoms with E-state index < -0.39 is 0 Å². The average molecular weight is 256 g/mol. The van der Waals surface area contributed by atoms with Gasteiger partial charge in [0, 0.05) is 31.4 Å². The minimum absolute atomic E-state index is 0.219. The van der Waals surface area contributed by atoms with Crippen molar-refractivity contribution in [2.75, 3.05) is 18.0 Å². The Bertz CT molecular complexity index is 605. The van der Waals surface area contributed by atoms with Crippen molar-refractivity contribution >= 4 is 22.8 Å². The van der Waals surface area contributed by atoms with Crippen molar-refractivity contribution in [1.82, 2.24) is 15.0 Å². The van der Waals surface area contributed by atoms with Gasteiger partial charge in [0.25, 0.3) is 0 Å². The minimum Gasteiger partial charge on any atom is -0.356 e. The fraction of sp³-hybridized carbons (Fsp3) is 0.429. The lowest BCUT2D eigenvalue weighted by Gasteiger charge is -2.31. The fourth-order valence-corrected chi connectivity index (χ4v) is 2.54. The lowest BCUT2D eigenvalue weighted by molar-refractivity contribution is -0.121. The quantitative estimate of drug-likeness (QED) is 0.820. The summed E-state index contributed by atoms with van der Waals surface area (Å²) in [6, 6.07) is 3.92. The van der Waals surface area contributed by atoms with E-state index in [9.17, 15) is 4.79 Å². The number of Topliss-reactive ketones (excluding diaryl/α,β-unsaturated/α-hetero) is 1. The lowest BCUT2D eigenvalue weighted by atomic mass is 9.93. The van der Waals surface area contributed by atoms with E-state index in [4.69, 9.17) is 0 Å². The maximum atomic E-state index is 11.4. The molecule has 0 spiro atoms. The molecule has 1 aliphatic heterocycles. The SMILES string of the molecule is CC(=O)C1CCN(c2ccc3nccnc3n2)CC1. The van der Waals surface area contributed by atoms with Crippen molar-refractivity contribution < 1.29 is 4.79 Å². The Labute approximate surface area is 111 Å². The summed E-state index contributed by atoms with van der Waals surface area (Å²) in [6.07, 6.45) is 5.15. The van der Waals surface area contributed by atoms with E-state index in [1.165, 1.54) is 0 Å². The molecule has 0 amide bonds. The van der Waals surface area contributed by atoms with Crippen LogP contribution in [0.3, 0.4) is 0 Å². The van der Waals surface area contributed by atoms with E-state index in [0.29, 0.717) is 11.4 Å². The fourth-order valence-electron chi connectivity index (χ4n) is 2.54. The zero-order valence-corrected chi connectivity index (χ0v) is 10.9. The van der Waals surface area contributed by atoms with Gasteiger partial charge in [0.2, 0.25) is 0 Å². The molecular formula is C14H16N4O. The molecular weight excluding hydrogens is 240 g/mol. The van der Waals surface area contributed by atoms with Gasteiger partial charge in [-0.25, -0.2) is 9.97 Å². The number of ketones is 1. The topological polar surface area (TPSA) is 59.0 Å². The van der Waals surface area contributed by atoms with Gasteiger partial charge in [-0.05, 0) is 31.9 Å². The normalized spacial score (nSPS) is 16.8. The molecule has 1 fully saturated rings. The predicted molar refractivity (Wildman–Crippen MR) is 73.0 cm³/mol. The van der Waals surface area contributed by atoms with Crippen molar-refractivity contribution in [3.8, 4) is 0 Å². The molecule has 3 rings (SSSR count). The van der Waals surface area contributed by atoms with Crippen LogP contribution in [-0.2, 0) is 4.79 Å². The second-order valence-corrected chi connectivity index (χ2v) is 4.94. The number of carbonyl (C=O) groups excluding carboxylic acids is 1. The van der Waals surface area contributed by atoms with Crippen molar-refractivity contribution in [2.24, 2.45) is 5.92 Å². The molecule has 0 saturated carbocycles. The van der Waals surface area contributed by atoms with Crippen LogP contribution in [0.5, 0.6) is 0 Å². The highest BCUT2D eigenvalue weighted by Gasteiger charge is 2.23. The third-order valence-electron chi connectivity index (χ3n) is 3.71. The van der Waals surface area contributed by atoms with Crippen LogP contribution >= 0.6 is 0 Å². The second kappa shape index (κ2) is 4.91. The highest BCUT2D eigenvalue weighted by molar-refractivity contribution is 5.78. The van der Waals surface area contributed by atoms with Crippen LogP contribution in [0.25, 0.3) is 11.2 Å². The van der Waals surface area contributed by atoms with Gasteiger partial charge in [-0.3, -0.25) is 9.78 Å². The van der Waals surface area contributed by atoms with Crippen molar-refractivity contribution in [3.63, 3.8) is 0 Å². The first kappa shape index (κ1) is 12.0. The number of fused-ring (bicyclic) bond motifs is 1. The molecule has 0 radical (unpaired) electrons. The van der Waals surface area contributed by atoms with E-state index in [-0.39, 0.29) is 5.92 Å². The third-order valence-corrected chi connectivity index (χ3v) is 3.71. The maximum Gasteiger partial charge on any atom is 0.180 e. The number of piperidine rings is 1. The summed E-state index contributed by atoms with van der Waals surface area (Å²) in [5.74, 6) is 1.45. The molecule has 1 aliphatic rings. The molecule has 0 N–H and O–H groups in total. The van der Waals surface area contributed by atoms with Gasteiger partial charge in [-0.1, -0.05) is 0 Å². The molecule has 2 aromatic rings. The molecule has 2 aromatic heterocycles. The maximum absolute atomic E-state index is 11.4. The largest absolute Gasteiger partial charge is 0.356 e. The van der Waals surface area contributed by atoms with Crippen LogP contribution in [0.4, 0.5) is 5.82 Å². The number of carbonyl (C=O) groups is 1. The van der Waals surface area contributed by atoms with Crippen molar-refractivity contribution in [2.45, 2.75) is 19.8 Å². The summed E-state index contributed by atoms with van der Waals surface area (Å²) in [5, 5.41) is 0. The van der Waals surface area contributed by atoms with Crippen LogP contribution in [0.2, 0.25) is 0 Å². The third kappa shape index (κ3) is 2.41. The van der Waals surface area contributed by atoms with Gasteiger partial charge in [0.05, 0.1) is 0 Å². The molecule has 5 nitrogen and oxygen atoms in total. The van der Waals surface area contributed by atoms with Crippen molar-refractivity contribution in [1.29, 1.82) is 0 Å². The number of nitrogens with zero attached hydrogens (tertiary/aromatic N) is 4. The second-order valence-electron chi connectivity index (χ2n) is 4.94. The van der Waals surface area contributed by atoms with Crippen LogP contribution in [0.15, 0.2) is 24.5 Å². The Balaban J connectivity index is 1.80. The number of pyridine rings is 1. The highest BCUT2D eigenvalue weighted by atomic mass is 16.1. The average Bonchev–Trinajstić information content (AvgIpc) is 2.47. The van der Waals surface area contributed by atoms with Gasteiger partial charge >= 0.3 is 0 Å². The lowest BCUT2D eigenvalue weighted by Crippen LogP contribution is -2.36. The Morgan fingerprint density at radius 3 is 2.68 bits per heavy atom. The number of hydrogen-bond acceptors (Lipinski definition) is 5. The monoisotopic (exact) mass is 256 g/mol. The smallest absolute Gasteiger partial charge is 0.180 e. The summed E-state index contributed by atoms with van der Waals surface area (Å²) < 4.78 is 0. The molecule has 0 atom stereocenters. The molecule has 1 saturated heterocycles. The van der Waals surface area contributed by atoms with Crippen LogP contribution in [0.1, 0.15) is 19.8 Å². The zero-order valence-electron chi connectivity index (χ0n) is 10.9. The van der Waals surface area contributed by atoms with Crippen molar-refractivity contribution in [3.05, 3.63) is 24.5 Å². The van der Waals surface area contributed by atoms with Gasteiger partial charge in [-0.2, -0.15) is 0 Å². The molecule has 3 heterocycles. The number of aromatic nitrogens is 3. The summed E-state index contributed by atoms with van der Waals surface area (Å²) in [5.41, 5.74) is 1.48. The molecule has 19 heavy (non-hydrogen) atoms. The Morgan fingerprint density at radius 1 is 1.21 bits per heavy atom. The molecule has 98 valence electrons. The van der Waals surface area contributed by atoms with Crippen LogP contribution < -0.4 is 4.90 Å². The Kier molecular flexibility index (Phi) is 3.11. The van der Waals surface area contributed by atoms with Crippen LogP contribution in [-0.4, -0.2) is 33.8 Å². The standard InChI is InChI=1S/C14H16N4O/c1-10(19)11-4-8-18(9-5-11)13-3-2-12-14(17-13)16-7-6-15-12/h2-3,6-7,11H,4-5,8-9H2,1H3. The summed E-state index contributed by atoms with van der Waals surface area (Å²) >= 11 is 0. The van der Waals surface area contributed by atoms with E-state index in [1.807, 2.05) is 12.1 Å². The molecule has 0 bridgehead atoms. The van der Waals surface area contributed by atoms with E-state index in [1.54, 1.807) is 19.3 Å². The summed E-state index contributed by atoms with van der Waals surface area (Å²) in [6.45, 7) is 3.44.